The van der Waals surface area contributed by atoms with E-state index in [4.69, 9.17) is 5.73 Å². The first-order valence-electron chi connectivity index (χ1n) is 6.42. The molecule has 2 atom stereocenters. The van der Waals surface area contributed by atoms with E-state index in [1.807, 2.05) is 6.92 Å². The maximum absolute atomic E-state index is 11.6. The number of hydrogen-bond acceptors (Lipinski definition) is 3. The van der Waals surface area contributed by atoms with Crippen LogP contribution in [-0.4, -0.2) is 42.5 Å². The van der Waals surface area contributed by atoms with E-state index in [1.165, 1.54) is 12.8 Å². The molecule has 1 fully saturated rings. The standard InChI is InChI=1S/C12H25N3O/c1-3-6-11(13)12(16)14-9-10(2)15-7-4-5-8-15/h10-11H,3-9,13H2,1-2H3,(H,14,16)/t10?,11-/m1/s1. The second-order valence-corrected chi connectivity index (χ2v) is 4.73. The molecule has 4 heteroatoms. The molecule has 3 N–H and O–H groups in total. The molecule has 0 aromatic carbocycles. The lowest BCUT2D eigenvalue weighted by Crippen LogP contribution is -2.46. The first-order valence-corrected chi connectivity index (χ1v) is 6.42. The van der Waals surface area contributed by atoms with Crippen LogP contribution in [0.4, 0.5) is 0 Å². The van der Waals surface area contributed by atoms with Gasteiger partial charge >= 0.3 is 0 Å². The second-order valence-electron chi connectivity index (χ2n) is 4.73. The molecule has 1 saturated heterocycles. The molecule has 4 nitrogen and oxygen atoms in total. The number of carbonyl (C=O) groups excluding carboxylic acids is 1. The van der Waals surface area contributed by atoms with Crippen LogP contribution in [-0.2, 0) is 4.79 Å². The Labute approximate surface area is 98.6 Å². The molecule has 1 amide bonds. The summed E-state index contributed by atoms with van der Waals surface area (Å²) >= 11 is 0. The highest BCUT2D eigenvalue weighted by Crippen LogP contribution is 2.10. The lowest BCUT2D eigenvalue weighted by Gasteiger charge is -2.24. The van der Waals surface area contributed by atoms with E-state index in [1.54, 1.807) is 0 Å². The van der Waals surface area contributed by atoms with Gasteiger partial charge in [-0.15, -0.1) is 0 Å². The summed E-state index contributed by atoms with van der Waals surface area (Å²) in [6, 6.07) is 0.0936. The van der Waals surface area contributed by atoms with Gasteiger partial charge in [0.25, 0.3) is 0 Å². The molecule has 16 heavy (non-hydrogen) atoms. The van der Waals surface area contributed by atoms with E-state index in [9.17, 15) is 4.79 Å². The summed E-state index contributed by atoms with van der Waals surface area (Å²) in [5.74, 6) is -0.00658. The zero-order valence-electron chi connectivity index (χ0n) is 10.5. The molecule has 0 aromatic rings. The highest BCUT2D eigenvalue weighted by Gasteiger charge is 2.19. The zero-order chi connectivity index (χ0) is 12.0. The fourth-order valence-electron chi connectivity index (χ4n) is 2.13. The number of amides is 1. The Balaban J connectivity index is 2.19. The van der Waals surface area contributed by atoms with Crippen LogP contribution in [0, 0.1) is 0 Å². The van der Waals surface area contributed by atoms with Gasteiger partial charge in [-0.1, -0.05) is 13.3 Å². The normalized spacial score (nSPS) is 20.7. The Kier molecular flexibility index (Phi) is 5.77. The van der Waals surface area contributed by atoms with Crippen molar-refractivity contribution in [2.75, 3.05) is 19.6 Å². The SMILES string of the molecule is CCC[C@@H](N)C(=O)NCC(C)N1CCCC1. The smallest absolute Gasteiger partial charge is 0.236 e. The van der Waals surface area contributed by atoms with Gasteiger partial charge in [-0.3, -0.25) is 9.69 Å². The van der Waals surface area contributed by atoms with Gasteiger partial charge in [0.2, 0.25) is 5.91 Å². The Hall–Kier alpha value is -0.610. The van der Waals surface area contributed by atoms with Crippen molar-refractivity contribution in [1.82, 2.24) is 10.2 Å². The molecule has 1 aliphatic rings. The van der Waals surface area contributed by atoms with Gasteiger partial charge in [-0.25, -0.2) is 0 Å². The van der Waals surface area contributed by atoms with E-state index in [0.717, 1.165) is 32.5 Å². The van der Waals surface area contributed by atoms with Gasteiger partial charge < -0.3 is 11.1 Å². The minimum atomic E-state index is -0.337. The van der Waals surface area contributed by atoms with Crippen molar-refractivity contribution in [2.24, 2.45) is 5.73 Å². The highest BCUT2D eigenvalue weighted by atomic mass is 16.2. The summed E-state index contributed by atoms with van der Waals surface area (Å²) in [4.78, 5) is 14.0. The number of carbonyl (C=O) groups is 1. The molecule has 94 valence electrons. The Morgan fingerprint density at radius 2 is 2.06 bits per heavy atom. The van der Waals surface area contributed by atoms with Crippen LogP contribution in [0.15, 0.2) is 0 Å². The molecule has 0 aliphatic carbocycles. The molecule has 0 radical (unpaired) electrons. The summed E-state index contributed by atoms with van der Waals surface area (Å²) in [7, 11) is 0. The maximum Gasteiger partial charge on any atom is 0.236 e. The van der Waals surface area contributed by atoms with Crippen molar-refractivity contribution in [3.63, 3.8) is 0 Å². The first kappa shape index (κ1) is 13.5. The molecule has 1 rings (SSSR count). The predicted octanol–water partition coefficient (Wildman–Crippen LogP) is 0.714. The number of nitrogens with two attached hydrogens (primary N) is 1. The fraction of sp³-hybridized carbons (Fsp3) is 0.917. The predicted molar refractivity (Wildman–Crippen MR) is 66.2 cm³/mol. The third-order valence-corrected chi connectivity index (χ3v) is 3.27. The summed E-state index contributed by atoms with van der Waals surface area (Å²) in [6.45, 7) is 7.25. The largest absolute Gasteiger partial charge is 0.353 e. The van der Waals surface area contributed by atoms with Gasteiger partial charge in [0, 0.05) is 12.6 Å². The number of nitrogens with one attached hydrogen (secondary N) is 1. The lowest BCUT2D eigenvalue weighted by molar-refractivity contribution is -0.122. The minimum Gasteiger partial charge on any atom is -0.353 e. The first-order chi connectivity index (χ1) is 7.65. The van der Waals surface area contributed by atoms with Crippen molar-refractivity contribution in [2.45, 2.75) is 51.6 Å². The number of likely N-dealkylation sites (tertiary alicyclic amines) is 1. The number of hydrogen-bond donors (Lipinski definition) is 2. The van der Waals surface area contributed by atoms with E-state index in [0.29, 0.717) is 6.04 Å². The molecule has 0 spiro atoms. The third kappa shape index (κ3) is 4.10. The Morgan fingerprint density at radius 1 is 1.44 bits per heavy atom. The van der Waals surface area contributed by atoms with Gasteiger partial charge in [-0.05, 0) is 39.3 Å². The third-order valence-electron chi connectivity index (χ3n) is 3.27. The van der Waals surface area contributed by atoms with Crippen molar-refractivity contribution >= 4 is 5.91 Å². The average Bonchev–Trinajstić information content (AvgIpc) is 2.79. The monoisotopic (exact) mass is 227 g/mol. The molecule has 1 unspecified atom stereocenters. The Bertz CT molecular complexity index is 214. The van der Waals surface area contributed by atoms with Crippen LogP contribution in [0.25, 0.3) is 0 Å². The summed E-state index contributed by atoms with van der Waals surface area (Å²) in [5.41, 5.74) is 5.74. The van der Waals surface area contributed by atoms with Crippen molar-refractivity contribution in [3.05, 3.63) is 0 Å². The number of nitrogens with zero attached hydrogens (tertiary/aromatic N) is 1. The second kappa shape index (κ2) is 6.86. The molecule has 0 aromatic heterocycles. The average molecular weight is 227 g/mol. The van der Waals surface area contributed by atoms with Crippen LogP contribution < -0.4 is 11.1 Å². The summed E-state index contributed by atoms with van der Waals surface area (Å²) < 4.78 is 0. The molecular weight excluding hydrogens is 202 g/mol. The quantitative estimate of drug-likeness (QED) is 0.703. The van der Waals surface area contributed by atoms with E-state index in [2.05, 4.69) is 17.1 Å². The van der Waals surface area contributed by atoms with E-state index >= 15 is 0 Å². The van der Waals surface area contributed by atoms with Crippen molar-refractivity contribution < 1.29 is 4.79 Å². The van der Waals surface area contributed by atoms with Gasteiger partial charge in [0.1, 0.15) is 0 Å². The zero-order valence-corrected chi connectivity index (χ0v) is 10.5. The molecule has 1 aliphatic heterocycles. The van der Waals surface area contributed by atoms with Gasteiger partial charge in [-0.2, -0.15) is 0 Å². The van der Waals surface area contributed by atoms with E-state index < -0.39 is 0 Å². The Morgan fingerprint density at radius 3 is 2.62 bits per heavy atom. The summed E-state index contributed by atoms with van der Waals surface area (Å²) in [6.07, 6.45) is 4.29. The molecular formula is C12H25N3O. The minimum absolute atomic E-state index is 0.00658. The van der Waals surface area contributed by atoms with Gasteiger partial charge in [0.05, 0.1) is 6.04 Å². The van der Waals surface area contributed by atoms with E-state index in [-0.39, 0.29) is 11.9 Å². The van der Waals surface area contributed by atoms with Crippen molar-refractivity contribution in [1.29, 1.82) is 0 Å². The topological polar surface area (TPSA) is 58.4 Å². The molecule has 0 saturated carbocycles. The summed E-state index contributed by atoms with van der Waals surface area (Å²) in [5, 5.41) is 2.94. The van der Waals surface area contributed by atoms with Crippen molar-refractivity contribution in [3.8, 4) is 0 Å². The highest BCUT2D eigenvalue weighted by molar-refractivity contribution is 5.81. The maximum atomic E-state index is 11.6. The molecule has 1 heterocycles. The van der Waals surface area contributed by atoms with Gasteiger partial charge in [0.15, 0.2) is 0 Å². The van der Waals surface area contributed by atoms with Crippen LogP contribution in [0.2, 0.25) is 0 Å². The molecule has 0 bridgehead atoms. The van der Waals surface area contributed by atoms with Crippen LogP contribution in [0.1, 0.15) is 39.5 Å². The van der Waals surface area contributed by atoms with Crippen LogP contribution >= 0.6 is 0 Å². The van der Waals surface area contributed by atoms with Crippen LogP contribution in [0.3, 0.4) is 0 Å². The number of rotatable bonds is 6. The van der Waals surface area contributed by atoms with Crippen LogP contribution in [0.5, 0.6) is 0 Å². The lowest BCUT2D eigenvalue weighted by atomic mass is 10.1. The fourth-order valence-corrected chi connectivity index (χ4v) is 2.13.